The first-order valence-electron chi connectivity index (χ1n) is 5.74. The van der Waals surface area contributed by atoms with Crippen LogP contribution >= 0.6 is 0 Å². The van der Waals surface area contributed by atoms with Crippen molar-refractivity contribution in [1.29, 1.82) is 0 Å². The van der Waals surface area contributed by atoms with Gasteiger partial charge in [-0.05, 0) is 37.5 Å². The van der Waals surface area contributed by atoms with E-state index in [9.17, 15) is 13.5 Å². The first-order chi connectivity index (χ1) is 6.88. The van der Waals surface area contributed by atoms with Crippen LogP contribution in [0.15, 0.2) is 0 Å². The zero-order chi connectivity index (χ0) is 11.5. The van der Waals surface area contributed by atoms with Crippen molar-refractivity contribution in [2.75, 3.05) is 12.0 Å². The van der Waals surface area contributed by atoms with Gasteiger partial charge >= 0.3 is 0 Å². The molecule has 0 aromatic carbocycles. The summed E-state index contributed by atoms with van der Waals surface area (Å²) >= 11 is 0. The van der Waals surface area contributed by atoms with Crippen LogP contribution in [0.2, 0.25) is 0 Å². The number of aliphatic hydroxyl groups excluding tert-OH is 1. The second kappa shape index (κ2) is 5.30. The van der Waals surface area contributed by atoms with Crippen LogP contribution in [0.1, 0.15) is 39.0 Å². The molecule has 1 N–H and O–H groups in total. The molecule has 4 heteroatoms. The third kappa shape index (κ3) is 4.98. The highest BCUT2D eigenvalue weighted by Crippen LogP contribution is 2.33. The lowest BCUT2D eigenvalue weighted by atomic mass is 9.96. The highest BCUT2D eigenvalue weighted by atomic mass is 32.2. The van der Waals surface area contributed by atoms with Crippen LogP contribution in [-0.2, 0) is 9.84 Å². The Labute approximate surface area is 92.8 Å². The first kappa shape index (κ1) is 13.0. The van der Waals surface area contributed by atoms with E-state index in [0.29, 0.717) is 18.8 Å². The summed E-state index contributed by atoms with van der Waals surface area (Å²) in [4.78, 5) is 0. The Balaban J connectivity index is 2.22. The molecule has 0 amide bonds. The van der Waals surface area contributed by atoms with E-state index in [1.54, 1.807) is 0 Å². The number of hydrogen-bond donors (Lipinski definition) is 1. The van der Waals surface area contributed by atoms with E-state index >= 15 is 0 Å². The predicted molar refractivity (Wildman–Crippen MR) is 61.5 cm³/mol. The minimum atomic E-state index is -2.87. The topological polar surface area (TPSA) is 54.4 Å². The van der Waals surface area contributed by atoms with Crippen molar-refractivity contribution in [2.24, 2.45) is 11.8 Å². The molecule has 0 saturated heterocycles. The largest absolute Gasteiger partial charge is 0.393 e. The predicted octanol–water partition coefficient (Wildman–Crippen LogP) is 1.61. The summed E-state index contributed by atoms with van der Waals surface area (Å²) in [5.41, 5.74) is 0. The first-order valence-corrected chi connectivity index (χ1v) is 7.80. The van der Waals surface area contributed by atoms with Crippen LogP contribution in [0.3, 0.4) is 0 Å². The third-order valence-electron chi connectivity index (χ3n) is 3.29. The van der Waals surface area contributed by atoms with E-state index in [0.717, 1.165) is 18.8 Å². The van der Waals surface area contributed by atoms with Crippen molar-refractivity contribution in [3.63, 3.8) is 0 Å². The molecule has 1 aliphatic rings. The molecule has 15 heavy (non-hydrogen) atoms. The van der Waals surface area contributed by atoms with E-state index < -0.39 is 9.84 Å². The van der Waals surface area contributed by atoms with Crippen LogP contribution in [0.4, 0.5) is 0 Å². The van der Waals surface area contributed by atoms with Crippen molar-refractivity contribution in [2.45, 2.75) is 45.1 Å². The molecule has 0 aromatic rings. The number of sulfone groups is 1. The van der Waals surface area contributed by atoms with Crippen molar-refractivity contribution in [1.82, 2.24) is 0 Å². The molecule has 90 valence electrons. The number of hydrogen-bond acceptors (Lipinski definition) is 3. The Bertz CT molecular complexity index is 284. The van der Waals surface area contributed by atoms with Gasteiger partial charge in [0.1, 0.15) is 9.84 Å². The summed E-state index contributed by atoms with van der Waals surface area (Å²) in [7, 11) is -2.87. The summed E-state index contributed by atoms with van der Waals surface area (Å²) in [6.45, 7) is 2.21. The summed E-state index contributed by atoms with van der Waals surface area (Å²) in [6.07, 6.45) is 5.57. The van der Waals surface area contributed by atoms with Gasteiger partial charge in [0.25, 0.3) is 0 Å². The zero-order valence-electron chi connectivity index (χ0n) is 9.65. The van der Waals surface area contributed by atoms with Crippen LogP contribution < -0.4 is 0 Å². The molecule has 0 bridgehead atoms. The fourth-order valence-electron chi connectivity index (χ4n) is 2.39. The molecule has 3 unspecified atom stereocenters. The lowest BCUT2D eigenvalue weighted by Gasteiger charge is -2.17. The molecule has 3 nitrogen and oxygen atoms in total. The maximum Gasteiger partial charge on any atom is 0.147 e. The maximum absolute atomic E-state index is 10.9. The fraction of sp³-hybridized carbons (Fsp3) is 1.00. The van der Waals surface area contributed by atoms with Gasteiger partial charge in [0.2, 0.25) is 0 Å². The minimum Gasteiger partial charge on any atom is -0.393 e. The molecule has 1 saturated carbocycles. The normalized spacial score (nSPS) is 29.3. The van der Waals surface area contributed by atoms with E-state index in [1.165, 1.54) is 12.7 Å². The van der Waals surface area contributed by atoms with Crippen molar-refractivity contribution < 1.29 is 13.5 Å². The number of aliphatic hydroxyl groups is 1. The molecule has 0 radical (unpaired) electrons. The van der Waals surface area contributed by atoms with Gasteiger partial charge in [-0.2, -0.15) is 0 Å². The smallest absolute Gasteiger partial charge is 0.147 e. The van der Waals surface area contributed by atoms with Gasteiger partial charge in [0, 0.05) is 12.0 Å². The van der Waals surface area contributed by atoms with Gasteiger partial charge in [-0.15, -0.1) is 0 Å². The van der Waals surface area contributed by atoms with Gasteiger partial charge < -0.3 is 5.11 Å². The van der Waals surface area contributed by atoms with E-state index in [1.807, 2.05) is 0 Å². The quantitative estimate of drug-likeness (QED) is 0.786. The Kier molecular flexibility index (Phi) is 4.59. The van der Waals surface area contributed by atoms with E-state index in [-0.39, 0.29) is 11.9 Å². The van der Waals surface area contributed by atoms with Crippen LogP contribution in [0, 0.1) is 11.8 Å². The molecule has 1 aliphatic carbocycles. The molecule has 0 aromatic heterocycles. The van der Waals surface area contributed by atoms with Gasteiger partial charge in [-0.1, -0.05) is 13.3 Å². The summed E-state index contributed by atoms with van der Waals surface area (Å²) in [5.74, 6) is 1.32. The SMILES string of the molecule is CC1CCC(C(O)CCCS(C)(=O)=O)C1. The van der Waals surface area contributed by atoms with Gasteiger partial charge in [-0.25, -0.2) is 8.42 Å². The second-order valence-corrected chi connectivity index (χ2v) is 7.28. The summed E-state index contributed by atoms with van der Waals surface area (Å²) < 4.78 is 21.8. The number of rotatable bonds is 5. The molecular formula is C11H22O3S. The van der Waals surface area contributed by atoms with E-state index in [2.05, 4.69) is 6.92 Å². The van der Waals surface area contributed by atoms with Gasteiger partial charge in [0.05, 0.1) is 6.10 Å². The van der Waals surface area contributed by atoms with Crippen molar-refractivity contribution in [3.8, 4) is 0 Å². The maximum atomic E-state index is 10.9. The molecule has 1 rings (SSSR count). The lowest BCUT2D eigenvalue weighted by molar-refractivity contribution is 0.0995. The summed E-state index contributed by atoms with van der Waals surface area (Å²) in [5, 5.41) is 9.87. The van der Waals surface area contributed by atoms with Crippen molar-refractivity contribution >= 4 is 9.84 Å². The average Bonchev–Trinajstić information content (AvgIpc) is 2.49. The monoisotopic (exact) mass is 234 g/mol. The summed E-state index contributed by atoms with van der Waals surface area (Å²) in [6, 6.07) is 0. The molecule has 0 heterocycles. The Morgan fingerprint density at radius 2 is 2.07 bits per heavy atom. The highest BCUT2D eigenvalue weighted by molar-refractivity contribution is 7.90. The van der Waals surface area contributed by atoms with E-state index in [4.69, 9.17) is 0 Å². The average molecular weight is 234 g/mol. The van der Waals surface area contributed by atoms with Crippen molar-refractivity contribution in [3.05, 3.63) is 0 Å². The minimum absolute atomic E-state index is 0.201. The third-order valence-corrected chi connectivity index (χ3v) is 4.32. The molecular weight excluding hydrogens is 212 g/mol. The van der Waals surface area contributed by atoms with Crippen LogP contribution in [0.25, 0.3) is 0 Å². The Morgan fingerprint density at radius 3 is 2.53 bits per heavy atom. The zero-order valence-corrected chi connectivity index (χ0v) is 10.5. The molecule has 0 spiro atoms. The standard InChI is InChI=1S/C11H22O3S/c1-9-5-6-10(8-9)11(12)4-3-7-15(2,13)14/h9-12H,3-8H2,1-2H3. The Hall–Kier alpha value is -0.0900. The van der Waals surface area contributed by atoms with Gasteiger partial charge in [0.15, 0.2) is 0 Å². The lowest BCUT2D eigenvalue weighted by Crippen LogP contribution is -2.19. The fourth-order valence-corrected chi connectivity index (χ4v) is 3.08. The second-order valence-electron chi connectivity index (χ2n) is 5.02. The van der Waals surface area contributed by atoms with Crippen LogP contribution in [0.5, 0.6) is 0 Å². The molecule has 1 fully saturated rings. The molecule has 3 atom stereocenters. The van der Waals surface area contributed by atoms with Gasteiger partial charge in [-0.3, -0.25) is 0 Å². The molecule has 0 aliphatic heterocycles. The van der Waals surface area contributed by atoms with Crippen LogP contribution in [-0.4, -0.2) is 31.6 Å². The highest BCUT2D eigenvalue weighted by Gasteiger charge is 2.27. The Morgan fingerprint density at radius 1 is 1.40 bits per heavy atom.